The smallest absolute Gasteiger partial charge is 0.135 e. The Bertz CT molecular complexity index is 794. The van der Waals surface area contributed by atoms with Crippen LogP contribution in [0, 0.1) is 5.92 Å². The van der Waals surface area contributed by atoms with E-state index in [1.165, 1.54) is 11.1 Å². The average molecular weight is 433 g/mol. The minimum Gasteiger partial charge on any atom is -0.394 e. The molecule has 146 valence electrons. The highest BCUT2D eigenvalue weighted by Gasteiger charge is 2.21. The molecule has 1 aromatic heterocycles. The van der Waals surface area contributed by atoms with Gasteiger partial charge in [0.25, 0.3) is 0 Å². The van der Waals surface area contributed by atoms with E-state index in [9.17, 15) is 5.11 Å². The number of benzene rings is 1. The summed E-state index contributed by atoms with van der Waals surface area (Å²) in [7, 11) is 0. The first-order valence-corrected chi connectivity index (χ1v) is 10.4. The number of rotatable bonds is 6. The predicted octanol–water partition coefficient (Wildman–Crippen LogP) is 4.35. The minimum atomic E-state index is -0.0211. The Labute approximate surface area is 170 Å². The van der Waals surface area contributed by atoms with Crippen LogP contribution in [0.15, 0.2) is 28.7 Å². The van der Waals surface area contributed by atoms with Gasteiger partial charge in [-0.15, -0.1) is 0 Å². The lowest BCUT2D eigenvalue weighted by molar-refractivity contribution is 0.249. The first-order valence-electron chi connectivity index (χ1n) is 9.66. The number of fused-ring (bicyclic) bond motifs is 1. The maximum Gasteiger partial charge on any atom is 0.135 e. The number of hydrogen-bond donors (Lipinski definition) is 2. The quantitative estimate of drug-likeness (QED) is 0.709. The second kappa shape index (κ2) is 8.57. The van der Waals surface area contributed by atoms with E-state index in [4.69, 9.17) is 4.98 Å². The number of aliphatic hydroxyl groups excluding tert-OH is 1. The lowest BCUT2D eigenvalue weighted by Gasteiger charge is -2.31. The Morgan fingerprint density at radius 1 is 1.15 bits per heavy atom. The van der Waals surface area contributed by atoms with Crippen molar-refractivity contribution in [1.29, 1.82) is 0 Å². The minimum absolute atomic E-state index is 0.0211. The summed E-state index contributed by atoms with van der Waals surface area (Å²) in [6.45, 7) is 10.3. The zero-order valence-electron chi connectivity index (χ0n) is 16.5. The molecular formula is C21H29BrN4O. The fourth-order valence-electron chi connectivity index (χ4n) is 3.28. The third-order valence-corrected chi connectivity index (χ3v) is 5.58. The number of halogens is 1. The van der Waals surface area contributed by atoms with Crippen molar-refractivity contribution in [3.63, 3.8) is 0 Å². The maximum absolute atomic E-state index is 9.67. The molecule has 2 N–H and O–H groups in total. The molecule has 1 aromatic carbocycles. The van der Waals surface area contributed by atoms with Crippen molar-refractivity contribution < 1.29 is 5.11 Å². The molecule has 1 aliphatic heterocycles. The van der Waals surface area contributed by atoms with Crippen LogP contribution in [0.25, 0.3) is 0 Å². The Hall–Kier alpha value is -1.66. The van der Waals surface area contributed by atoms with Gasteiger partial charge >= 0.3 is 0 Å². The Morgan fingerprint density at radius 3 is 2.59 bits per heavy atom. The molecule has 0 aliphatic carbocycles. The van der Waals surface area contributed by atoms with Crippen LogP contribution in [0.3, 0.4) is 0 Å². The third-order valence-electron chi connectivity index (χ3n) is 5.09. The number of nitrogens with zero attached hydrogens (tertiary/aromatic N) is 3. The molecule has 0 radical (unpaired) electrons. The van der Waals surface area contributed by atoms with Gasteiger partial charge in [-0.05, 0) is 35.6 Å². The van der Waals surface area contributed by atoms with Crippen molar-refractivity contribution in [2.24, 2.45) is 5.92 Å². The summed E-state index contributed by atoms with van der Waals surface area (Å²) in [6, 6.07) is 8.50. The fourth-order valence-corrected chi connectivity index (χ4v) is 3.69. The highest BCUT2D eigenvalue weighted by atomic mass is 79.9. The maximum atomic E-state index is 9.67. The molecule has 0 unspecified atom stereocenters. The first kappa shape index (κ1) is 20.1. The van der Waals surface area contributed by atoms with E-state index < -0.39 is 0 Å². The second-order valence-electron chi connectivity index (χ2n) is 7.89. The molecule has 0 saturated carbocycles. The highest BCUT2D eigenvalue weighted by Crippen LogP contribution is 2.28. The van der Waals surface area contributed by atoms with Gasteiger partial charge in [0.15, 0.2) is 0 Å². The second-order valence-corrected chi connectivity index (χ2v) is 8.80. The van der Waals surface area contributed by atoms with Crippen LogP contribution in [0.1, 0.15) is 50.6 Å². The molecule has 0 spiro atoms. The van der Waals surface area contributed by atoms with Gasteiger partial charge in [0.2, 0.25) is 0 Å². The number of nitrogens with one attached hydrogen (secondary N) is 1. The Kier molecular flexibility index (Phi) is 6.37. The van der Waals surface area contributed by atoms with Crippen LogP contribution in [0.2, 0.25) is 0 Å². The molecule has 5 nitrogen and oxygen atoms in total. The van der Waals surface area contributed by atoms with Crippen LogP contribution in [0.4, 0.5) is 11.6 Å². The molecule has 0 saturated heterocycles. The first-order chi connectivity index (χ1) is 12.9. The number of anilines is 2. The molecule has 1 aliphatic rings. The van der Waals surface area contributed by atoms with Gasteiger partial charge in [0, 0.05) is 29.5 Å². The molecule has 2 heterocycles. The summed E-state index contributed by atoms with van der Waals surface area (Å²) in [5.74, 6) is 3.13. The molecule has 2 aromatic rings. The van der Waals surface area contributed by atoms with Gasteiger partial charge in [-0.1, -0.05) is 49.7 Å². The van der Waals surface area contributed by atoms with E-state index >= 15 is 0 Å². The molecule has 0 bridgehead atoms. The van der Waals surface area contributed by atoms with Crippen LogP contribution < -0.4 is 10.2 Å². The average Bonchev–Trinajstić information content (AvgIpc) is 2.65. The Morgan fingerprint density at radius 2 is 1.93 bits per heavy atom. The topological polar surface area (TPSA) is 61.3 Å². The zero-order valence-corrected chi connectivity index (χ0v) is 18.1. The SMILES string of the molecule is CC(C)c1nc(N[C@@H](CO)C(C)C)cc(N2CCc3cc(Br)ccc3C2)n1. The third kappa shape index (κ3) is 4.79. The molecule has 1 atom stereocenters. The van der Waals surface area contributed by atoms with Gasteiger partial charge in [-0.3, -0.25) is 0 Å². The van der Waals surface area contributed by atoms with E-state index in [0.29, 0.717) is 5.92 Å². The van der Waals surface area contributed by atoms with E-state index in [1.54, 1.807) is 0 Å². The normalized spacial score (nSPS) is 15.2. The van der Waals surface area contributed by atoms with Crippen molar-refractivity contribution in [3.8, 4) is 0 Å². The molecule has 6 heteroatoms. The molecule has 0 fully saturated rings. The standard InChI is InChI=1S/C21H29BrN4O/c1-13(2)18(12-27)23-19-10-20(25-21(24-19)14(3)4)26-8-7-15-9-17(22)6-5-16(15)11-26/h5-6,9-10,13-14,18,27H,7-8,11-12H2,1-4H3,(H,23,24,25)/t18-/m0/s1. The molecule has 3 rings (SSSR count). The van der Waals surface area contributed by atoms with E-state index in [-0.39, 0.29) is 18.6 Å². The van der Waals surface area contributed by atoms with Gasteiger partial charge in [-0.25, -0.2) is 9.97 Å². The molecular weight excluding hydrogens is 404 g/mol. The van der Waals surface area contributed by atoms with Gasteiger partial charge in [-0.2, -0.15) is 0 Å². The van der Waals surface area contributed by atoms with Crippen molar-refractivity contribution >= 4 is 27.6 Å². The van der Waals surface area contributed by atoms with Gasteiger partial charge in [0.1, 0.15) is 17.5 Å². The number of aliphatic hydroxyl groups is 1. The lowest BCUT2D eigenvalue weighted by atomic mass is 10.00. The highest BCUT2D eigenvalue weighted by molar-refractivity contribution is 9.10. The summed E-state index contributed by atoms with van der Waals surface area (Å²) in [4.78, 5) is 11.8. The van der Waals surface area contributed by atoms with E-state index in [2.05, 4.69) is 77.0 Å². The lowest BCUT2D eigenvalue weighted by Crippen LogP contribution is -2.33. The van der Waals surface area contributed by atoms with Crippen molar-refractivity contribution in [1.82, 2.24) is 9.97 Å². The molecule has 27 heavy (non-hydrogen) atoms. The van der Waals surface area contributed by atoms with Crippen LogP contribution in [0.5, 0.6) is 0 Å². The summed E-state index contributed by atoms with van der Waals surface area (Å²) in [5, 5.41) is 13.1. The number of hydrogen-bond acceptors (Lipinski definition) is 5. The Balaban J connectivity index is 1.89. The van der Waals surface area contributed by atoms with Crippen LogP contribution in [-0.2, 0) is 13.0 Å². The largest absolute Gasteiger partial charge is 0.394 e. The van der Waals surface area contributed by atoms with Crippen molar-refractivity contribution in [2.75, 3.05) is 23.4 Å². The summed E-state index contributed by atoms with van der Waals surface area (Å²) in [6.07, 6.45) is 1.00. The molecule has 0 amide bonds. The van der Waals surface area contributed by atoms with Crippen molar-refractivity contribution in [2.45, 2.75) is 52.6 Å². The van der Waals surface area contributed by atoms with Crippen LogP contribution >= 0.6 is 15.9 Å². The van der Waals surface area contributed by atoms with E-state index in [1.807, 2.05) is 6.07 Å². The van der Waals surface area contributed by atoms with Crippen LogP contribution in [-0.4, -0.2) is 34.3 Å². The van der Waals surface area contributed by atoms with Gasteiger partial charge < -0.3 is 15.3 Å². The van der Waals surface area contributed by atoms with Gasteiger partial charge in [0.05, 0.1) is 12.6 Å². The van der Waals surface area contributed by atoms with E-state index in [0.717, 1.165) is 41.4 Å². The number of aromatic nitrogens is 2. The monoisotopic (exact) mass is 432 g/mol. The summed E-state index contributed by atoms with van der Waals surface area (Å²) >= 11 is 3.56. The zero-order chi connectivity index (χ0) is 19.6. The fraction of sp³-hybridized carbons (Fsp3) is 0.524. The summed E-state index contributed by atoms with van der Waals surface area (Å²) < 4.78 is 1.13. The summed E-state index contributed by atoms with van der Waals surface area (Å²) in [5.41, 5.74) is 2.75. The predicted molar refractivity (Wildman–Crippen MR) is 114 cm³/mol. The van der Waals surface area contributed by atoms with Crippen molar-refractivity contribution in [3.05, 3.63) is 45.7 Å².